The number of benzene rings is 3. The smallest absolute Gasteiger partial charge is 0.335 e. The molecule has 1 heterocycles. The number of ether oxygens (including phenoxy) is 2. The maximum Gasteiger partial charge on any atom is 0.335 e. The predicted molar refractivity (Wildman–Crippen MR) is 131 cm³/mol. The van der Waals surface area contributed by atoms with Crippen LogP contribution in [0.3, 0.4) is 0 Å². The summed E-state index contributed by atoms with van der Waals surface area (Å²) in [6.07, 6.45) is 1.51. The number of carboxylic acid groups (broad SMARTS) is 1. The summed E-state index contributed by atoms with van der Waals surface area (Å²) in [6.45, 7) is 2.21. The highest BCUT2D eigenvalue weighted by Crippen LogP contribution is 2.38. The molecule has 0 saturated carbocycles. The summed E-state index contributed by atoms with van der Waals surface area (Å²) in [4.78, 5) is 37.5. The Labute approximate surface area is 206 Å². The Bertz CT molecular complexity index is 1320. The first-order chi connectivity index (χ1) is 16.9. The Morgan fingerprint density at radius 2 is 1.83 bits per heavy atom. The van der Waals surface area contributed by atoms with Crippen LogP contribution in [0.2, 0.25) is 5.02 Å². The molecular weight excluding hydrogens is 472 g/mol. The molecule has 1 saturated heterocycles. The molecule has 0 spiro atoms. The second-order valence-corrected chi connectivity index (χ2v) is 7.93. The number of imide groups is 1. The summed E-state index contributed by atoms with van der Waals surface area (Å²) < 4.78 is 11.6. The standard InChI is InChI=1S/C26H21ClN2O6/c1-2-34-22-14-17(13-21-24(30)29(26(33)28-21)19-9-4-3-5-10-19)12-20(27)23(22)35-15-16-7-6-8-18(11-16)25(31)32/h3-14H,2,15H2,1H3,(H,28,33)(H,31,32)/b21-13-. The monoisotopic (exact) mass is 492 g/mol. The maximum absolute atomic E-state index is 12.9. The van der Waals surface area contributed by atoms with Crippen LogP contribution in [0.5, 0.6) is 11.5 Å². The first-order valence-corrected chi connectivity index (χ1v) is 11.1. The zero-order valence-corrected chi connectivity index (χ0v) is 19.4. The highest BCUT2D eigenvalue weighted by molar-refractivity contribution is 6.32. The zero-order chi connectivity index (χ0) is 24.9. The van der Waals surface area contributed by atoms with E-state index in [4.69, 9.17) is 21.1 Å². The van der Waals surface area contributed by atoms with Gasteiger partial charge >= 0.3 is 12.0 Å². The number of anilines is 1. The van der Waals surface area contributed by atoms with Gasteiger partial charge in [0.25, 0.3) is 5.91 Å². The third-order valence-corrected chi connectivity index (χ3v) is 5.37. The number of carbonyl (C=O) groups is 3. The number of hydrogen-bond donors (Lipinski definition) is 2. The van der Waals surface area contributed by atoms with E-state index in [1.165, 1.54) is 18.2 Å². The fourth-order valence-electron chi connectivity index (χ4n) is 3.54. The lowest BCUT2D eigenvalue weighted by molar-refractivity contribution is -0.113. The van der Waals surface area contributed by atoms with Crippen LogP contribution < -0.4 is 19.7 Å². The molecule has 3 aromatic carbocycles. The van der Waals surface area contributed by atoms with Crippen molar-refractivity contribution in [2.45, 2.75) is 13.5 Å². The first-order valence-electron chi connectivity index (χ1n) is 10.7. The average Bonchev–Trinajstić information content (AvgIpc) is 3.12. The van der Waals surface area contributed by atoms with E-state index in [0.29, 0.717) is 29.2 Å². The van der Waals surface area contributed by atoms with Crippen LogP contribution >= 0.6 is 11.6 Å². The Morgan fingerprint density at radius 3 is 2.54 bits per heavy atom. The number of amides is 3. The van der Waals surface area contributed by atoms with Gasteiger partial charge in [0.1, 0.15) is 12.3 Å². The molecule has 35 heavy (non-hydrogen) atoms. The summed E-state index contributed by atoms with van der Waals surface area (Å²) in [5.41, 5.74) is 1.88. The Morgan fingerprint density at radius 1 is 1.06 bits per heavy atom. The molecule has 0 aromatic heterocycles. The second-order valence-electron chi connectivity index (χ2n) is 7.52. The maximum atomic E-state index is 12.9. The molecular formula is C26H21ClN2O6. The van der Waals surface area contributed by atoms with Crippen LogP contribution in [-0.4, -0.2) is 29.6 Å². The predicted octanol–water partition coefficient (Wildman–Crippen LogP) is 5.11. The number of nitrogens with one attached hydrogen (secondary N) is 1. The molecule has 3 amide bonds. The SMILES string of the molecule is CCOc1cc(/C=C2\NC(=O)N(c3ccccc3)C2=O)cc(Cl)c1OCc1cccc(C(=O)O)c1. The van der Waals surface area contributed by atoms with Crippen molar-refractivity contribution >= 4 is 41.3 Å². The molecule has 4 rings (SSSR count). The third kappa shape index (κ3) is 5.28. The van der Waals surface area contributed by atoms with Crippen LogP contribution in [0, 0.1) is 0 Å². The molecule has 1 aliphatic heterocycles. The van der Waals surface area contributed by atoms with E-state index in [1.807, 2.05) is 0 Å². The Hall–Kier alpha value is -4.30. The van der Waals surface area contributed by atoms with Gasteiger partial charge in [-0.2, -0.15) is 0 Å². The third-order valence-electron chi connectivity index (χ3n) is 5.09. The summed E-state index contributed by atoms with van der Waals surface area (Å²) in [5.74, 6) is -0.896. The van der Waals surface area contributed by atoms with Gasteiger partial charge in [-0.3, -0.25) is 4.79 Å². The largest absolute Gasteiger partial charge is 0.490 e. The number of carbonyl (C=O) groups excluding carboxylic acids is 2. The lowest BCUT2D eigenvalue weighted by atomic mass is 10.1. The van der Waals surface area contributed by atoms with Gasteiger partial charge < -0.3 is 19.9 Å². The highest BCUT2D eigenvalue weighted by atomic mass is 35.5. The number of rotatable bonds is 8. The van der Waals surface area contributed by atoms with Crippen molar-refractivity contribution in [1.82, 2.24) is 5.32 Å². The number of aromatic carboxylic acids is 1. The van der Waals surface area contributed by atoms with E-state index in [1.54, 1.807) is 61.5 Å². The van der Waals surface area contributed by atoms with E-state index in [0.717, 1.165) is 4.90 Å². The molecule has 178 valence electrons. The van der Waals surface area contributed by atoms with Crippen LogP contribution in [0.15, 0.2) is 72.4 Å². The lowest BCUT2D eigenvalue weighted by Gasteiger charge is -2.15. The van der Waals surface area contributed by atoms with Gasteiger partial charge in [0, 0.05) is 0 Å². The van der Waals surface area contributed by atoms with Gasteiger partial charge in [0.15, 0.2) is 11.5 Å². The number of carboxylic acids is 1. The Balaban J connectivity index is 1.59. The van der Waals surface area contributed by atoms with Gasteiger partial charge in [0.05, 0.1) is 22.9 Å². The van der Waals surface area contributed by atoms with Crippen molar-refractivity contribution in [3.63, 3.8) is 0 Å². The molecule has 9 heteroatoms. The zero-order valence-electron chi connectivity index (χ0n) is 18.7. The first kappa shape index (κ1) is 23.8. The fraction of sp³-hybridized carbons (Fsp3) is 0.115. The van der Waals surface area contributed by atoms with Gasteiger partial charge in [0.2, 0.25) is 0 Å². The van der Waals surface area contributed by atoms with Crippen molar-refractivity contribution in [2.24, 2.45) is 0 Å². The van der Waals surface area contributed by atoms with Gasteiger partial charge in [-0.1, -0.05) is 41.9 Å². The van der Waals surface area contributed by atoms with E-state index < -0.39 is 17.9 Å². The van der Waals surface area contributed by atoms with Crippen molar-refractivity contribution < 1.29 is 29.0 Å². The average molecular weight is 493 g/mol. The van der Waals surface area contributed by atoms with E-state index in [2.05, 4.69) is 5.32 Å². The van der Waals surface area contributed by atoms with Crippen molar-refractivity contribution in [2.75, 3.05) is 11.5 Å². The minimum absolute atomic E-state index is 0.0714. The molecule has 2 N–H and O–H groups in total. The summed E-state index contributed by atoms with van der Waals surface area (Å²) >= 11 is 6.48. The molecule has 1 fully saturated rings. The van der Waals surface area contributed by atoms with Crippen LogP contribution in [0.25, 0.3) is 6.08 Å². The van der Waals surface area contributed by atoms with Crippen LogP contribution in [0.1, 0.15) is 28.4 Å². The van der Waals surface area contributed by atoms with Gasteiger partial charge in [-0.15, -0.1) is 0 Å². The van der Waals surface area contributed by atoms with Crippen LogP contribution in [-0.2, 0) is 11.4 Å². The minimum atomic E-state index is -1.03. The van der Waals surface area contributed by atoms with E-state index in [9.17, 15) is 19.5 Å². The summed E-state index contributed by atoms with van der Waals surface area (Å²) in [7, 11) is 0. The molecule has 0 unspecified atom stereocenters. The van der Waals surface area contributed by atoms with Gasteiger partial charge in [-0.05, 0) is 60.5 Å². The normalized spacial score (nSPS) is 14.2. The molecule has 0 aliphatic carbocycles. The number of halogens is 1. The molecule has 3 aromatic rings. The lowest BCUT2D eigenvalue weighted by Crippen LogP contribution is -2.30. The number of hydrogen-bond acceptors (Lipinski definition) is 5. The molecule has 8 nitrogen and oxygen atoms in total. The second kappa shape index (κ2) is 10.3. The van der Waals surface area contributed by atoms with E-state index >= 15 is 0 Å². The summed E-state index contributed by atoms with van der Waals surface area (Å²) in [6, 6.07) is 17.7. The van der Waals surface area contributed by atoms with Crippen molar-refractivity contribution in [3.05, 3.63) is 94.1 Å². The molecule has 1 aliphatic rings. The molecule has 0 bridgehead atoms. The van der Waals surface area contributed by atoms with Crippen molar-refractivity contribution in [3.8, 4) is 11.5 Å². The van der Waals surface area contributed by atoms with Gasteiger partial charge in [-0.25, -0.2) is 14.5 Å². The minimum Gasteiger partial charge on any atom is -0.490 e. The van der Waals surface area contributed by atoms with E-state index in [-0.39, 0.29) is 28.6 Å². The fourth-order valence-corrected chi connectivity index (χ4v) is 3.81. The number of para-hydroxylation sites is 1. The molecule has 0 atom stereocenters. The Kier molecular flexibility index (Phi) is 7.03. The molecule has 0 radical (unpaired) electrons. The van der Waals surface area contributed by atoms with Crippen LogP contribution in [0.4, 0.5) is 10.5 Å². The topological polar surface area (TPSA) is 105 Å². The highest BCUT2D eigenvalue weighted by Gasteiger charge is 2.34. The van der Waals surface area contributed by atoms with Crippen molar-refractivity contribution in [1.29, 1.82) is 0 Å². The number of urea groups is 1. The summed E-state index contributed by atoms with van der Waals surface area (Å²) in [5, 5.41) is 12.0. The quantitative estimate of drug-likeness (QED) is 0.334. The number of nitrogens with zero attached hydrogens (tertiary/aromatic N) is 1.